The van der Waals surface area contributed by atoms with Crippen LogP contribution < -0.4 is 10.6 Å². The Morgan fingerprint density at radius 3 is 2.21 bits per heavy atom. The van der Waals surface area contributed by atoms with Gasteiger partial charge in [-0.25, -0.2) is 8.42 Å². The highest BCUT2D eigenvalue weighted by atomic mass is 32.2. The van der Waals surface area contributed by atoms with Crippen LogP contribution in [0.15, 0.2) is 65.7 Å². The molecule has 2 aromatic rings. The second-order valence-electron chi connectivity index (χ2n) is 7.80. The minimum atomic E-state index is -3.12. The second-order valence-corrected chi connectivity index (χ2v) is 9.99. The van der Waals surface area contributed by atoms with Crippen molar-refractivity contribution in [3.05, 3.63) is 71.8 Å². The van der Waals surface area contributed by atoms with Gasteiger partial charge in [-0.15, -0.1) is 0 Å². The molecule has 0 atom stereocenters. The predicted molar refractivity (Wildman–Crippen MR) is 122 cm³/mol. The van der Waals surface area contributed by atoms with Crippen LogP contribution in [0.1, 0.15) is 38.3 Å². The van der Waals surface area contributed by atoms with Crippen LogP contribution in [-0.4, -0.2) is 39.8 Å². The summed E-state index contributed by atoms with van der Waals surface area (Å²) in [5.74, 6) is 0.967. The number of benzene rings is 2. The predicted octanol–water partition coefficient (Wildman–Crippen LogP) is 3.52. The second kappa shape index (κ2) is 11.0. The minimum Gasteiger partial charge on any atom is -0.357 e. The van der Waals surface area contributed by atoms with E-state index in [1.165, 1.54) is 5.56 Å². The van der Waals surface area contributed by atoms with Gasteiger partial charge in [0.25, 0.3) is 0 Å². The van der Waals surface area contributed by atoms with Gasteiger partial charge in [-0.1, -0.05) is 74.5 Å². The number of hydrogen-bond donors (Lipinski definition) is 2. The molecule has 5 nitrogen and oxygen atoms in total. The molecular weight excluding hydrogens is 382 g/mol. The Morgan fingerprint density at radius 1 is 0.966 bits per heavy atom. The van der Waals surface area contributed by atoms with Crippen molar-refractivity contribution in [3.8, 4) is 0 Å². The van der Waals surface area contributed by atoms with Gasteiger partial charge in [0.15, 0.2) is 15.8 Å². The van der Waals surface area contributed by atoms with E-state index in [0.29, 0.717) is 19.5 Å². The molecule has 0 saturated carbocycles. The summed E-state index contributed by atoms with van der Waals surface area (Å²) in [6.45, 7) is 8.31. The molecule has 0 saturated heterocycles. The number of hydrogen-bond acceptors (Lipinski definition) is 3. The third-order valence-corrected chi connectivity index (χ3v) is 6.37. The number of guanidine groups is 1. The smallest absolute Gasteiger partial charge is 0.191 e. The Bertz CT molecular complexity index is 864. The van der Waals surface area contributed by atoms with Gasteiger partial charge in [0.1, 0.15) is 0 Å². The van der Waals surface area contributed by atoms with E-state index in [9.17, 15) is 8.42 Å². The van der Waals surface area contributed by atoms with Crippen LogP contribution in [0.4, 0.5) is 0 Å². The molecule has 0 aliphatic rings. The summed E-state index contributed by atoms with van der Waals surface area (Å²) in [4.78, 5) is 4.71. The largest absolute Gasteiger partial charge is 0.357 e. The molecule has 6 heteroatoms. The van der Waals surface area contributed by atoms with Crippen LogP contribution in [0, 0.1) is 0 Å². The van der Waals surface area contributed by atoms with Crippen LogP contribution in [0.2, 0.25) is 0 Å². The van der Waals surface area contributed by atoms with Crippen LogP contribution in [0.3, 0.4) is 0 Å². The van der Waals surface area contributed by atoms with E-state index in [2.05, 4.69) is 36.6 Å². The lowest BCUT2D eigenvalue weighted by atomic mass is 9.85. The third-order valence-electron chi connectivity index (χ3n) is 4.69. The summed E-state index contributed by atoms with van der Waals surface area (Å²) in [5, 5.41) is 6.49. The molecule has 0 heterocycles. The Labute approximate surface area is 175 Å². The molecule has 2 aromatic carbocycles. The number of aliphatic imine (C=N–C) groups is 1. The van der Waals surface area contributed by atoms with E-state index in [0.717, 1.165) is 18.1 Å². The van der Waals surface area contributed by atoms with Crippen molar-refractivity contribution < 1.29 is 8.42 Å². The van der Waals surface area contributed by atoms with Gasteiger partial charge >= 0.3 is 0 Å². The summed E-state index contributed by atoms with van der Waals surface area (Å²) in [5.41, 5.74) is 1.99. The topological polar surface area (TPSA) is 70.6 Å². The Morgan fingerprint density at radius 2 is 1.59 bits per heavy atom. The van der Waals surface area contributed by atoms with Crippen molar-refractivity contribution >= 4 is 15.8 Å². The minimum absolute atomic E-state index is 0.0807. The third kappa shape index (κ3) is 8.28. The van der Waals surface area contributed by atoms with E-state index in [1.807, 2.05) is 55.5 Å². The molecule has 0 fully saturated rings. The summed E-state index contributed by atoms with van der Waals surface area (Å²) < 4.78 is 24.6. The molecule has 2 N–H and O–H groups in total. The van der Waals surface area contributed by atoms with Crippen molar-refractivity contribution in [2.75, 3.05) is 25.4 Å². The Balaban J connectivity index is 1.85. The van der Waals surface area contributed by atoms with Crippen molar-refractivity contribution in [2.45, 2.75) is 38.4 Å². The van der Waals surface area contributed by atoms with E-state index >= 15 is 0 Å². The first-order valence-electron chi connectivity index (χ1n) is 10.1. The van der Waals surface area contributed by atoms with E-state index in [-0.39, 0.29) is 16.9 Å². The zero-order valence-corrected chi connectivity index (χ0v) is 18.5. The van der Waals surface area contributed by atoms with Gasteiger partial charge in [0.2, 0.25) is 0 Å². The van der Waals surface area contributed by atoms with Gasteiger partial charge < -0.3 is 10.6 Å². The highest BCUT2D eigenvalue weighted by molar-refractivity contribution is 7.90. The van der Waals surface area contributed by atoms with Gasteiger partial charge in [-0.2, -0.15) is 0 Å². The first kappa shape index (κ1) is 22.9. The maximum atomic E-state index is 12.3. The number of sulfone groups is 1. The van der Waals surface area contributed by atoms with E-state index in [1.54, 1.807) is 0 Å². The summed E-state index contributed by atoms with van der Waals surface area (Å²) in [6, 6.07) is 19.6. The molecule has 29 heavy (non-hydrogen) atoms. The maximum Gasteiger partial charge on any atom is 0.191 e. The van der Waals surface area contributed by atoms with Crippen molar-refractivity contribution in [3.63, 3.8) is 0 Å². The SMILES string of the molecule is CCNC(=NCC(C)(C)c1ccccc1)NCCCS(=O)(=O)Cc1ccccc1. The number of nitrogens with one attached hydrogen (secondary N) is 2. The molecule has 2 rings (SSSR count). The summed E-state index contributed by atoms with van der Waals surface area (Å²) >= 11 is 0. The average molecular weight is 416 g/mol. The van der Waals surface area contributed by atoms with Gasteiger partial charge in [-0.3, -0.25) is 4.99 Å². The van der Waals surface area contributed by atoms with Gasteiger partial charge in [0.05, 0.1) is 18.1 Å². The molecule has 0 aliphatic carbocycles. The van der Waals surface area contributed by atoms with Gasteiger partial charge in [-0.05, 0) is 24.5 Å². The highest BCUT2D eigenvalue weighted by Crippen LogP contribution is 2.22. The molecule has 0 unspecified atom stereocenters. The maximum absolute atomic E-state index is 12.3. The summed E-state index contributed by atoms with van der Waals surface area (Å²) in [7, 11) is -3.12. The van der Waals surface area contributed by atoms with Crippen molar-refractivity contribution in [2.24, 2.45) is 4.99 Å². The summed E-state index contributed by atoms with van der Waals surface area (Å²) in [6.07, 6.45) is 0.543. The first-order chi connectivity index (χ1) is 13.8. The number of rotatable bonds is 10. The van der Waals surface area contributed by atoms with Crippen LogP contribution in [-0.2, 0) is 21.0 Å². The lowest BCUT2D eigenvalue weighted by Gasteiger charge is -2.24. The molecule has 158 valence electrons. The van der Waals surface area contributed by atoms with Crippen molar-refractivity contribution in [1.82, 2.24) is 10.6 Å². The first-order valence-corrected chi connectivity index (χ1v) is 12.0. The standard InChI is InChI=1S/C23H33N3O2S/c1-4-24-22(26-19-23(2,3)21-14-9-6-10-15-21)25-16-11-17-29(27,28)18-20-12-7-5-8-13-20/h5-10,12-15H,4,11,16-19H2,1-3H3,(H2,24,25,26). The molecule has 0 amide bonds. The molecule has 0 aromatic heterocycles. The molecule has 0 bridgehead atoms. The fraction of sp³-hybridized carbons (Fsp3) is 0.435. The zero-order valence-electron chi connectivity index (χ0n) is 17.7. The van der Waals surface area contributed by atoms with E-state index in [4.69, 9.17) is 4.99 Å². The molecule has 0 spiro atoms. The van der Waals surface area contributed by atoms with Gasteiger partial charge in [0, 0.05) is 18.5 Å². The normalized spacial score (nSPS) is 12.6. The lowest BCUT2D eigenvalue weighted by molar-refractivity contribution is 0.537. The zero-order chi connectivity index (χ0) is 21.2. The van der Waals surface area contributed by atoms with Crippen molar-refractivity contribution in [1.29, 1.82) is 0 Å². The fourth-order valence-corrected chi connectivity index (χ4v) is 4.43. The monoisotopic (exact) mass is 415 g/mol. The molecule has 0 radical (unpaired) electrons. The Hall–Kier alpha value is -2.34. The van der Waals surface area contributed by atoms with E-state index < -0.39 is 9.84 Å². The van der Waals surface area contributed by atoms with Crippen LogP contribution >= 0.6 is 0 Å². The Kier molecular flexibility index (Phi) is 8.70. The highest BCUT2D eigenvalue weighted by Gasteiger charge is 2.20. The molecule has 0 aliphatic heterocycles. The average Bonchev–Trinajstić information content (AvgIpc) is 2.70. The lowest BCUT2D eigenvalue weighted by Crippen LogP contribution is -2.39. The van der Waals surface area contributed by atoms with Crippen LogP contribution in [0.5, 0.6) is 0 Å². The quantitative estimate of drug-likeness (QED) is 0.354. The fourth-order valence-electron chi connectivity index (χ4n) is 3.00. The molecular formula is C23H33N3O2S. The van der Waals surface area contributed by atoms with Crippen LogP contribution in [0.25, 0.3) is 0 Å². The number of nitrogens with zero attached hydrogens (tertiary/aromatic N) is 1.